The van der Waals surface area contributed by atoms with Crippen molar-refractivity contribution in [2.45, 2.75) is 32.2 Å². The van der Waals surface area contributed by atoms with Crippen LogP contribution in [0.25, 0.3) is 0 Å². The molecule has 0 heterocycles. The molecule has 3 nitrogen and oxygen atoms in total. The van der Waals surface area contributed by atoms with Crippen molar-refractivity contribution >= 4 is 5.91 Å². The van der Waals surface area contributed by atoms with Crippen molar-refractivity contribution in [2.75, 3.05) is 0 Å². The summed E-state index contributed by atoms with van der Waals surface area (Å²) in [7, 11) is 0. The number of nitrogens with zero attached hydrogens (tertiary/aromatic N) is 1. The highest BCUT2D eigenvalue weighted by Gasteiger charge is 2.51. The lowest BCUT2D eigenvalue weighted by Gasteiger charge is -2.04. The van der Waals surface area contributed by atoms with Crippen LogP contribution < -0.4 is 5.32 Å². The quantitative estimate of drug-likeness (QED) is 0.702. The van der Waals surface area contributed by atoms with Gasteiger partial charge in [0.05, 0.1) is 6.07 Å². The summed E-state index contributed by atoms with van der Waals surface area (Å²) in [6.07, 6.45) is 3.67. The van der Waals surface area contributed by atoms with Crippen molar-refractivity contribution in [2.24, 2.45) is 17.8 Å². The van der Waals surface area contributed by atoms with E-state index >= 15 is 0 Å². The highest BCUT2D eigenvalue weighted by molar-refractivity contribution is 5.82. The average Bonchev–Trinajstić information content (AvgIpc) is 2.93. The van der Waals surface area contributed by atoms with Gasteiger partial charge in [-0.3, -0.25) is 4.79 Å². The van der Waals surface area contributed by atoms with E-state index in [4.69, 9.17) is 5.26 Å². The Morgan fingerprint density at radius 3 is 2.85 bits per heavy atom. The second-order valence-corrected chi connectivity index (χ2v) is 4.20. The summed E-state index contributed by atoms with van der Waals surface area (Å²) < 4.78 is 0. The van der Waals surface area contributed by atoms with Crippen LogP contribution in [0.2, 0.25) is 0 Å². The molecule has 13 heavy (non-hydrogen) atoms. The Morgan fingerprint density at radius 1 is 1.62 bits per heavy atom. The molecule has 0 bridgehead atoms. The zero-order chi connectivity index (χ0) is 9.42. The molecule has 3 heteroatoms. The maximum Gasteiger partial charge on any atom is 0.224 e. The molecule has 1 N–H and O–H groups in total. The maximum absolute atomic E-state index is 11.5. The van der Waals surface area contributed by atoms with Crippen LogP contribution >= 0.6 is 0 Å². The van der Waals surface area contributed by atoms with Gasteiger partial charge in [0.1, 0.15) is 6.04 Å². The highest BCUT2D eigenvalue weighted by atomic mass is 16.2. The molecule has 2 saturated carbocycles. The second kappa shape index (κ2) is 3.02. The highest BCUT2D eigenvalue weighted by Crippen LogP contribution is 2.54. The molecule has 2 fully saturated rings. The van der Waals surface area contributed by atoms with Crippen molar-refractivity contribution in [1.82, 2.24) is 5.32 Å². The Morgan fingerprint density at radius 2 is 2.31 bits per heavy atom. The van der Waals surface area contributed by atoms with E-state index in [1.54, 1.807) is 6.92 Å². The first-order valence-electron chi connectivity index (χ1n) is 4.92. The van der Waals surface area contributed by atoms with E-state index in [1.165, 1.54) is 12.8 Å². The lowest BCUT2D eigenvalue weighted by atomic mass is 10.2. The molecule has 2 rings (SSSR count). The van der Waals surface area contributed by atoms with Crippen LogP contribution in [0.5, 0.6) is 0 Å². The Balaban J connectivity index is 1.76. The lowest BCUT2D eigenvalue weighted by molar-refractivity contribution is -0.122. The number of amides is 1. The van der Waals surface area contributed by atoms with Gasteiger partial charge in [0.25, 0.3) is 0 Å². The summed E-state index contributed by atoms with van der Waals surface area (Å²) in [5.74, 6) is 1.79. The fourth-order valence-corrected chi connectivity index (χ4v) is 1.91. The molecule has 0 aliphatic heterocycles. The minimum absolute atomic E-state index is 0.0888. The molecule has 2 aliphatic carbocycles. The number of nitriles is 1. The van der Waals surface area contributed by atoms with Crippen molar-refractivity contribution in [3.8, 4) is 6.07 Å². The van der Waals surface area contributed by atoms with Gasteiger partial charge in [0.2, 0.25) is 5.91 Å². The number of hydrogen-bond donors (Lipinski definition) is 1. The zero-order valence-corrected chi connectivity index (χ0v) is 7.79. The molecule has 0 spiro atoms. The normalized spacial score (nSPS) is 33.2. The minimum atomic E-state index is -0.340. The van der Waals surface area contributed by atoms with Crippen molar-refractivity contribution < 1.29 is 4.79 Å². The van der Waals surface area contributed by atoms with E-state index in [0.29, 0.717) is 5.92 Å². The molecule has 0 aromatic rings. The predicted octanol–water partition coefficient (Wildman–Crippen LogP) is 1.06. The Kier molecular flexibility index (Phi) is 1.99. The third-order valence-corrected chi connectivity index (χ3v) is 2.96. The Hall–Kier alpha value is -1.04. The molecular weight excluding hydrogens is 164 g/mol. The topological polar surface area (TPSA) is 52.9 Å². The predicted molar refractivity (Wildman–Crippen MR) is 47.5 cm³/mol. The van der Waals surface area contributed by atoms with Gasteiger partial charge in [-0.25, -0.2) is 0 Å². The SMILES string of the molecule is C[C@H](C#N)NC(=O)C1CC1C1CC1. The summed E-state index contributed by atoms with van der Waals surface area (Å²) in [5, 5.41) is 11.2. The van der Waals surface area contributed by atoms with Gasteiger partial charge in [-0.05, 0) is 38.0 Å². The van der Waals surface area contributed by atoms with E-state index < -0.39 is 0 Å². The Bertz CT molecular complexity index is 265. The number of nitrogens with one attached hydrogen (secondary N) is 1. The number of carbonyl (C=O) groups is 1. The molecule has 1 amide bonds. The fourth-order valence-electron chi connectivity index (χ4n) is 1.91. The van der Waals surface area contributed by atoms with Gasteiger partial charge in [-0.1, -0.05) is 0 Å². The average molecular weight is 178 g/mol. The van der Waals surface area contributed by atoms with E-state index in [2.05, 4.69) is 5.32 Å². The smallest absolute Gasteiger partial charge is 0.224 e. The third-order valence-electron chi connectivity index (χ3n) is 2.96. The van der Waals surface area contributed by atoms with E-state index in [9.17, 15) is 4.79 Å². The largest absolute Gasteiger partial charge is 0.340 e. The second-order valence-electron chi connectivity index (χ2n) is 4.20. The lowest BCUT2D eigenvalue weighted by Crippen LogP contribution is -2.33. The first kappa shape index (κ1) is 8.55. The summed E-state index contributed by atoms with van der Waals surface area (Å²) in [4.78, 5) is 11.5. The number of carbonyl (C=O) groups excluding carboxylic acids is 1. The van der Waals surface area contributed by atoms with Gasteiger partial charge < -0.3 is 5.32 Å². The van der Waals surface area contributed by atoms with E-state index in [-0.39, 0.29) is 17.9 Å². The van der Waals surface area contributed by atoms with Crippen molar-refractivity contribution in [1.29, 1.82) is 5.26 Å². The number of hydrogen-bond acceptors (Lipinski definition) is 2. The van der Waals surface area contributed by atoms with Crippen LogP contribution in [0.4, 0.5) is 0 Å². The number of rotatable bonds is 3. The summed E-state index contributed by atoms with van der Waals surface area (Å²) >= 11 is 0. The van der Waals surface area contributed by atoms with E-state index in [0.717, 1.165) is 12.3 Å². The van der Waals surface area contributed by atoms with Gasteiger partial charge in [0, 0.05) is 5.92 Å². The summed E-state index contributed by atoms with van der Waals surface area (Å²) in [6, 6.07) is 1.67. The molecular formula is C10H14N2O. The zero-order valence-electron chi connectivity index (χ0n) is 7.79. The van der Waals surface area contributed by atoms with Gasteiger partial charge >= 0.3 is 0 Å². The van der Waals surface area contributed by atoms with Crippen LogP contribution in [0.1, 0.15) is 26.2 Å². The van der Waals surface area contributed by atoms with Gasteiger partial charge in [-0.15, -0.1) is 0 Å². The molecule has 0 aromatic carbocycles. The van der Waals surface area contributed by atoms with Crippen molar-refractivity contribution in [3.05, 3.63) is 0 Å². The van der Waals surface area contributed by atoms with Crippen LogP contribution in [-0.2, 0) is 4.79 Å². The molecule has 2 unspecified atom stereocenters. The maximum atomic E-state index is 11.5. The standard InChI is InChI=1S/C10H14N2O/c1-6(5-11)12-10(13)9-4-8(9)7-2-3-7/h6-9H,2-4H2,1H3,(H,12,13)/t6-,8?,9?/m1/s1. The minimum Gasteiger partial charge on any atom is -0.340 e. The van der Waals surface area contributed by atoms with Crippen LogP contribution in [0.3, 0.4) is 0 Å². The third kappa shape index (κ3) is 1.82. The van der Waals surface area contributed by atoms with Crippen LogP contribution in [0.15, 0.2) is 0 Å². The van der Waals surface area contributed by atoms with Gasteiger partial charge in [-0.2, -0.15) is 5.26 Å². The first-order valence-corrected chi connectivity index (χ1v) is 4.92. The Labute approximate surface area is 78.1 Å². The molecule has 70 valence electrons. The molecule has 2 aliphatic rings. The first-order chi connectivity index (χ1) is 6.22. The van der Waals surface area contributed by atoms with E-state index in [1.807, 2.05) is 6.07 Å². The monoisotopic (exact) mass is 178 g/mol. The summed E-state index contributed by atoms with van der Waals surface area (Å²) in [5.41, 5.74) is 0. The molecule has 0 radical (unpaired) electrons. The van der Waals surface area contributed by atoms with Gasteiger partial charge in [0.15, 0.2) is 0 Å². The molecule has 0 aromatic heterocycles. The van der Waals surface area contributed by atoms with Crippen LogP contribution in [-0.4, -0.2) is 11.9 Å². The molecule has 3 atom stereocenters. The molecule has 0 saturated heterocycles. The fraction of sp³-hybridized carbons (Fsp3) is 0.800. The van der Waals surface area contributed by atoms with Crippen molar-refractivity contribution in [3.63, 3.8) is 0 Å². The van der Waals surface area contributed by atoms with Crippen LogP contribution in [0, 0.1) is 29.1 Å². The summed E-state index contributed by atoms with van der Waals surface area (Å²) in [6.45, 7) is 1.71.